The second-order valence-corrected chi connectivity index (χ2v) is 6.16. The van der Waals surface area contributed by atoms with E-state index in [1.165, 1.54) is 17.7 Å². The fourth-order valence-corrected chi connectivity index (χ4v) is 1.95. The summed E-state index contributed by atoms with van der Waals surface area (Å²) in [7, 11) is 0. The van der Waals surface area contributed by atoms with Crippen LogP contribution in [0.1, 0.15) is 43.0 Å². The van der Waals surface area contributed by atoms with Gasteiger partial charge in [0, 0.05) is 11.1 Å². The van der Waals surface area contributed by atoms with Crippen molar-refractivity contribution in [3.05, 3.63) is 70.8 Å². The van der Waals surface area contributed by atoms with Gasteiger partial charge in [-0.2, -0.15) is 13.2 Å². The smallest absolute Gasteiger partial charge is 0.166 e. The zero-order valence-electron chi connectivity index (χ0n) is 12.8. The Morgan fingerprint density at radius 3 is 1.86 bits per heavy atom. The molecule has 0 N–H and O–H groups in total. The number of rotatable bonds is 0. The predicted octanol–water partition coefficient (Wildman–Crippen LogP) is 5.40. The normalized spacial score (nSPS) is 11.7. The maximum Gasteiger partial charge on any atom is 0.416 e. The molecule has 2 rings (SSSR count). The third-order valence-electron chi connectivity index (χ3n) is 3.29. The van der Waals surface area contributed by atoms with E-state index in [9.17, 15) is 13.2 Å². The molecule has 0 aliphatic heterocycles. The Morgan fingerprint density at radius 1 is 0.727 bits per heavy atom. The SMILES string of the molecule is CC(C)(C)c1cccc(C#Cc2ccc(C(F)(F)F)cc2)c1. The molecule has 0 aromatic heterocycles. The molecular formula is C19H17F3. The van der Waals surface area contributed by atoms with Gasteiger partial charge in [0.2, 0.25) is 0 Å². The Hall–Kier alpha value is -2.21. The van der Waals surface area contributed by atoms with Gasteiger partial charge in [-0.05, 0) is 47.4 Å². The van der Waals surface area contributed by atoms with Gasteiger partial charge in [0.15, 0.2) is 0 Å². The number of halogens is 3. The van der Waals surface area contributed by atoms with Crippen molar-refractivity contribution in [2.45, 2.75) is 32.4 Å². The molecule has 2 aromatic rings. The Labute approximate surface area is 129 Å². The highest BCUT2D eigenvalue weighted by molar-refractivity contribution is 5.45. The number of alkyl halides is 3. The lowest BCUT2D eigenvalue weighted by Gasteiger charge is -2.18. The highest BCUT2D eigenvalue weighted by Gasteiger charge is 2.29. The van der Waals surface area contributed by atoms with E-state index in [1.807, 2.05) is 24.3 Å². The topological polar surface area (TPSA) is 0 Å². The van der Waals surface area contributed by atoms with Crippen LogP contribution in [0.2, 0.25) is 0 Å². The van der Waals surface area contributed by atoms with Crippen LogP contribution in [-0.2, 0) is 11.6 Å². The van der Waals surface area contributed by atoms with Crippen molar-refractivity contribution in [1.82, 2.24) is 0 Å². The van der Waals surface area contributed by atoms with E-state index in [4.69, 9.17) is 0 Å². The minimum atomic E-state index is -4.31. The zero-order valence-corrected chi connectivity index (χ0v) is 12.8. The zero-order chi connectivity index (χ0) is 16.4. The number of hydrogen-bond acceptors (Lipinski definition) is 0. The molecule has 0 nitrogen and oxygen atoms in total. The third-order valence-corrected chi connectivity index (χ3v) is 3.29. The Bertz CT molecular complexity index is 705. The van der Waals surface area contributed by atoms with E-state index >= 15 is 0 Å². The summed E-state index contributed by atoms with van der Waals surface area (Å²) in [5.74, 6) is 5.90. The molecule has 2 aromatic carbocycles. The van der Waals surface area contributed by atoms with Crippen LogP contribution in [0.25, 0.3) is 0 Å². The van der Waals surface area contributed by atoms with Crippen molar-refractivity contribution in [3.63, 3.8) is 0 Å². The minimum Gasteiger partial charge on any atom is -0.166 e. The summed E-state index contributed by atoms with van der Waals surface area (Å²) in [6.07, 6.45) is -4.31. The van der Waals surface area contributed by atoms with Crippen molar-refractivity contribution in [2.75, 3.05) is 0 Å². The van der Waals surface area contributed by atoms with Gasteiger partial charge in [0.05, 0.1) is 5.56 Å². The Balaban J connectivity index is 2.24. The molecule has 0 amide bonds. The van der Waals surface area contributed by atoms with Crippen LogP contribution in [0.5, 0.6) is 0 Å². The molecule has 0 heterocycles. The maximum absolute atomic E-state index is 12.5. The van der Waals surface area contributed by atoms with E-state index in [0.29, 0.717) is 5.56 Å². The molecule has 0 saturated carbocycles. The Morgan fingerprint density at radius 2 is 1.32 bits per heavy atom. The number of hydrogen-bond donors (Lipinski definition) is 0. The first-order chi connectivity index (χ1) is 10.2. The molecule has 22 heavy (non-hydrogen) atoms. The molecule has 3 heteroatoms. The van der Waals surface area contributed by atoms with Gasteiger partial charge in [0.25, 0.3) is 0 Å². The van der Waals surface area contributed by atoms with Crippen LogP contribution in [0.4, 0.5) is 13.2 Å². The van der Waals surface area contributed by atoms with Gasteiger partial charge in [0.1, 0.15) is 0 Å². The molecule has 0 bridgehead atoms. The van der Waals surface area contributed by atoms with Crippen LogP contribution in [0.3, 0.4) is 0 Å². The first-order valence-corrected chi connectivity index (χ1v) is 6.96. The van der Waals surface area contributed by atoms with Gasteiger partial charge in [-0.1, -0.05) is 44.7 Å². The summed E-state index contributed by atoms with van der Waals surface area (Å²) in [5, 5.41) is 0. The van der Waals surface area contributed by atoms with E-state index in [-0.39, 0.29) is 5.41 Å². The summed E-state index contributed by atoms with van der Waals surface area (Å²) in [5.41, 5.74) is 1.97. The monoisotopic (exact) mass is 302 g/mol. The molecule has 0 unspecified atom stereocenters. The number of benzene rings is 2. The quantitative estimate of drug-likeness (QED) is 0.571. The third kappa shape index (κ3) is 4.14. The van der Waals surface area contributed by atoms with Crippen LogP contribution in [0, 0.1) is 11.8 Å². The van der Waals surface area contributed by atoms with Crippen molar-refractivity contribution < 1.29 is 13.2 Å². The van der Waals surface area contributed by atoms with E-state index in [1.54, 1.807) is 0 Å². The largest absolute Gasteiger partial charge is 0.416 e. The summed E-state index contributed by atoms with van der Waals surface area (Å²) >= 11 is 0. The average molecular weight is 302 g/mol. The lowest BCUT2D eigenvalue weighted by atomic mass is 9.86. The fourth-order valence-electron chi connectivity index (χ4n) is 1.95. The second kappa shape index (κ2) is 5.88. The first kappa shape index (κ1) is 16.2. The van der Waals surface area contributed by atoms with Crippen LogP contribution in [0.15, 0.2) is 48.5 Å². The molecule has 114 valence electrons. The van der Waals surface area contributed by atoms with Gasteiger partial charge >= 0.3 is 6.18 Å². The van der Waals surface area contributed by atoms with Crippen LogP contribution in [-0.4, -0.2) is 0 Å². The van der Waals surface area contributed by atoms with Crippen molar-refractivity contribution >= 4 is 0 Å². The van der Waals surface area contributed by atoms with Crippen LogP contribution >= 0.6 is 0 Å². The molecule has 0 atom stereocenters. The second-order valence-electron chi connectivity index (χ2n) is 6.16. The minimum absolute atomic E-state index is 0.0338. The standard InChI is InChI=1S/C19H17F3/c1-18(2,3)17-6-4-5-15(13-17)8-7-14-9-11-16(12-10-14)19(20,21)22/h4-6,9-13H,1-3H3. The summed E-state index contributed by atoms with van der Waals surface area (Å²) < 4.78 is 37.5. The Kier molecular flexibility index (Phi) is 4.32. The molecular weight excluding hydrogens is 285 g/mol. The highest BCUT2D eigenvalue weighted by atomic mass is 19.4. The van der Waals surface area contributed by atoms with Gasteiger partial charge in [-0.25, -0.2) is 0 Å². The van der Waals surface area contributed by atoms with E-state index < -0.39 is 11.7 Å². The highest BCUT2D eigenvalue weighted by Crippen LogP contribution is 2.29. The van der Waals surface area contributed by atoms with Crippen molar-refractivity contribution in [2.24, 2.45) is 0 Å². The average Bonchev–Trinajstić information content (AvgIpc) is 2.44. The van der Waals surface area contributed by atoms with Gasteiger partial charge in [-0.15, -0.1) is 0 Å². The lowest BCUT2D eigenvalue weighted by molar-refractivity contribution is -0.137. The lowest BCUT2D eigenvalue weighted by Crippen LogP contribution is -2.10. The summed E-state index contributed by atoms with van der Waals surface area (Å²) in [4.78, 5) is 0. The summed E-state index contributed by atoms with van der Waals surface area (Å²) in [6, 6.07) is 12.8. The van der Waals surface area contributed by atoms with Gasteiger partial charge < -0.3 is 0 Å². The molecule has 0 saturated heterocycles. The maximum atomic E-state index is 12.5. The van der Waals surface area contributed by atoms with E-state index in [2.05, 4.69) is 32.6 Å². The van der Waals surface area contributed by atoms with Crippen LogP contribution < -0.4 is 0 Å². The first-order valence-electron chi connectivity index (χ1n) is 6.96. The van der Waals surface area contributed by atoms with Crippen molar-refractivity contribution in [1.29, 1.82) is 0 Å². The molecule has 0 radical (unpaired) electrons. The van der Waals surface area contributed by atoms with Crippen molar-refractivity contribution in [3.8, 4) is 11.8 Å². The fraction of sp³-hybridized carbons (Fsp3) is 0.263. The molecule has 0 aliphatic rings. The molecule has 0 spiro atoms. The van der Waals surface area contributed by atoms with E-state index in [0.717, 1.165) is 17.7 Å². The molecule has 0 fully saturated rings. The molecule has 0 aliphatic carbocycles. The predicted molar refractivity (Wildman–Crippen MR) is 82.6 cm³/mol. The van der Waals surface area contributed by atoms with Gasteiger partial charge in [-0.3, -0.25) is 0 Å². The summed E-state index contributed by atoms with van der Waals surface area (Å²) in [6.45, 7) is 6.36.